The van der Waals surface area contributed by atoms with Crippen LogP contribution in [0.25, 0.3) is 10.2 Å². The minimum atomic E-state index is 0.0647. The quantitative estimate of drug-likeness (QED) is 0.349. The topological polar surface area (TPSA) is 80.0 Å². The van der Waals surface area contributed by atoms with Crippen molar-refractivity contribution in [3.63, 3.8) is 0 Å². The van der Waals surface area contributed by atoms with E-state index in [0.29, 0.717) is 22.6 Å². The fraction of sp³-hybridized carbons (Fsp3) is 0.143. The lowest BCUT2D eigenvalue weighted by Gasteiger charge is -2.07. The Morgan fingerprint density at radius 3 is 2.72 bits per heavy atom. The maximum absolute atomic E-state index is 9.91. The summed E-state index contributed by atoms with van der Waals surface area (Å²) in [5.41, 5.74) is 2.11. The summed E-state index contributed by atoms with van der Waals surface area (Å²) in [4.78, 5) is 10.8. The van der Waals surface area contributed by atoms with Gasteiger partial charge in [-0.3, -0.25) is 0 Å². The van der Waals surface area contributed by atoms with Gasteiger partial charge in [-0.15, -0.1) is 16.5 Å². The molecule has 0 aliphatic carbocycles. The summed E-state index contributed by atoms with van der Waals surface area (Å²) in [6.45, 7) is 0.335. The van der Waals surface area contributed by atoms with E-state index < -0.39 is 0 Å². The summed E-state index contributed by atoms with van der Waals surface area (Å²) in [7, 11) is 1.51. The van der Waals surface area contributed by atoms with Gasteiger partial charge in [-0.2, -0.15) is 5.11 Å². The molecule has 2 aromatic heterocycles. The van der Waals surface area contributed by atoms with Crippen LogP contribution < -0.4 is 4.74 Å². The number of nitrogens with zero attached hydrogens (tertiary/aromatic N) is 4. The Morgan fingerprint density at radius 1 is 1.10 bits per heavy atom. The van der Waals surface area contributed by atoms with Gasteiger partial charge >= 0.3 is 0 Å². The van der Waals surface area contributed by atoms with Gasteiger partial charge < -0.3 is 9.84 Å². The minimum absolute atomic E-state index is 0.0647. The van der Waals surface area contributed by atoms with Crippen LogP contribution in [0.2, 0.25) is 0 Å². The third-order valence-electron chi connectivity index (χ3n) is 4.31. The third kappa shape index (κ3) is 4.44. The first-order valence-electron chi connectivity index (χ1n) is 8.84. The summed E-state index contributed by atoms with van der Waals surface area (Å²) in [6, 6.07) is 15.9. The van der Waals surface area contributed by atoms with E-state index in [4.69, 9.17) is 4.74 Å². The monoisotopic (exact) mass is 468 g/mol. The Labute approximate surface area is 180 Å². The number of halogens is 1. The molecule has 0 radical (unpaired) electrons. The standard InChI is InChI=1S/C21H17BrN4O2S/c1-28-18-9-14(8-17(22)19(18)27)11-25-26-20-16-10-15(29-21(16)24-12-23-20)7-13-5-3-2-4-6-13/h2-6,8-10,12,27H,7,11H2,1H3. The molecule has 29 heavy (non-hydrogen) atoms. The van der Waals surface area contributed by atoms with Crippen molar-refractivity contribution < 1.29 is 9.84 Å². The Hall–Kier alpha value is -2.84. The number of benzene rings is 2. The summed E-state index contributed by atoms with van der Waals surface area (Å²) >= 11 is 4.96. The van der Waals surface area contributed by atoms with E-state index in [1.807, 2.05) is 18.2 Å². The molecule has 2 aromatic carbocycles. The summed E-state index contributed by atoms with van der Waals surface area (Å²) in [5.74, 6) is 1.00. The number of azo groups is 1. The number of fused-ring (bicyclic) bond motifs is 1. The Morgan fingerprint density at radius 2 is 1.93 bits per heavy atom. The zero-order chi connectivity index (χ0) is 20.2. The maximum atomic E-state index is 9.91. The van der Waals surface area contributed by atoms with Gasteiger partial charge in [0, 0.05) is 11.3 Å². The highest BCUT2D eigenvalue weighted by Crippen LogP contribution is 2.36. The van der Waals surface area contributed by atoms with Crippen LogP contribution in [0, 0.1) is 0 Å². The van der Waals surface area contributed by atoms with Crippen molar-refractivity contribution in [2.24, 2.45) is 10.2 Å². The van der Waals surface area contributed by atoms with E-state index in [-0.39, 0.29) is 5.75 Å². The van der Waals surface area contributed by atoms with Crippen LogP contribution in [0.5, 0.6) is 11.5 Å². The number of methoxy groups -OCH3 is 1. The molecule has 0 fully saturated rings. The fourth-order valence-corrected chi connectivity index (χ4v) is 4.43. The molecule has 146 valence electrons. The Bertz CT molecular complexity index is 1180. The molecule has 0 aliphatic heterocycles. The molecule has 1 N–H and O–H groups in total. The molecule has 4 rings (SSSR count). The van der Waals surface area contributed by atoms with Gasteiger partial charge in [-0.05, 0) is 45.3 Å². The number of phenols is 1. The zero-order valence-electron chi connectivity index (χ0n) is 15.5. The Kier molecular flexibility index (Phi) is 5.82. The smallest absolute Gasteiger partial charge is 0.185 e. The first-order chi connectivity index (χ1) is 14.1. The van der Waals surface area contributed by atoms with Crippen LogP contribution >= 0.6 is 27.3 Å². The van der Waals surface area contributed by atoms with Crippen molar-refractivity contribution in [2.45, 2.75) is 13.0 Å². The number of aromatic nitrogens is 2. The molecule has 8 heteroatoms. The average Bonchev–Trinajstić information content (AvgIpc) is 3.14. The lowest BCUT2D eigenvalue weighted by atomic mass is 10.1. The van der Waals surface area contributed by atoms with Crippen LogP contribution in [0.3, 0.4) is 0 Å². The molecule has 0 atom stereocenters. The molecule has 0 bridgehead atoms. The van der Waals surface area contributed by atoms with Gasteiger partial charge in [-0.25, -0.2) is 9.97 Å². The second-order valence-corrected chi connectivity index (χ2v) is 8.29. The second kappa shape index (κ2) is 8.67. The molecule has 0 saturated heterocycles. The van der Waals surface area contributed by atoms with Crippen LogP contribution in [-0.4, -0.2) is 22.2 Å². The number of hydrogen-bond acceptors (Lipinski definition) is 7. The molecular weight excluding hydrogens is 452 g/mol. The van der Waals surface area contributed by atoms with Gasteiger partial charge in [0.2, 0.25) is 0 Å². The normalized spacial score (nSPS) is 11.4. The fourth-order valence-electron chi connectivity index (χ4n) is 2.91. The van der Waals surface area contributed by atoms with Gasteiger partial charge in [0.1, 0.15) is 11.2 Å². The Balaban J connectivity index is 1.56. The van der Waals surface area contributed by atoms with Crippen LogP contribution in [-0.2, 0) is 13.0 Å². The molecule has 0 saturated carbocycles. The number of phenolic OH excluding ortho intramolecular Hbond substituents is 1. The van der Waals surface area contributed by atoms with Crippen molar-refractivity contribution >= 4 is 43.3 Å². The SMILES string of the molecule is COc1cc(CN=Nc2ncnc3sc(Cc4ccccc4)cc23)cc(Br)c1O. The average molecular weight is 469 g/mol. The van der Waals surface area contributed by atoms with E-state index in [9.17, 15) is 5.11 Å². The summed E-state index contributed by atoms with van der Waals surface area (Å²) < 4.78 is 5.72. The van der Waals surface area contributed by atoms with E-state index in [2.05, 4.69) is 54.3 Å². The second-order valence-electron chi connectivity index (χ2n) is 6.32. The van der Waals surface area contributed by atoms with Crippen molar-refractivity contribution in [3.8, 4) is 11.5 Å². The first kappa shape index (κ1) is 19.5. The zero-order valence-corrected chi connectivity index (χ0v) is 17.9. The molecule has 6 nitrogen and oxygen atoms in total. The lowest BCUT2D eigenvalue weighted by molar-refractivity contribution is 0.371. The summed E-state index contributed by atoms with van der Waals surface area (Å²) in [5, 5.41) is 19.4. The third-order valence-corrected chi connectivity index (χ3v) is 5.95. The molecule has 2 heterocycles. The van der Waals surface area contributed by atoms with E-state index in [0.717, 1.165) is 22.2 Å². The summed E-state index contributed by atoms with van der Waals surface area (Å²) in [6.07, 6.45) is 2.36. The highest BCUT2D eigenvalue weighted by atomic mass is 79.9. The van der Waals surface area contributed by atoms with Crippen molar-refractivity contribution in [2.75, 3.05) is 7.11 Å². The molecule has 0 unspecified atom stereocenters. The largest absolute Gasteiger partial charge is 0.503 e. The maximum Gasteiger partial charge on any atom is 0.185 e. The van der Waals surface area contributed by atoms with Gasteiger partial charge in [0.15, 0.2) is 17.3 Å². The van der Waals surface area contributed by atoms with Crippen molar-refractivity contribution in [3.05, 3.63) is 75.3 Å². The van der Waals surface area contributed by atoms with Gasteiger partial charge in [0.05, 0.1) is 23.5 Å². The molecule has 0 amide bonds. The van der Waals surface area contributed by atoms with E-state index >= 15 is 0 Å². The molecule has 4 aromatic rings. The van der Waals surface area contributed by atoms with Crippen molar-refractivity contribution in [1.82, 2.24) is 9.97 Å². The number of ether oxygens (including phenoxy) is 1. The lowest BCUT2D eigenvalue weighted by Crippen LogP contribution is -1.88. The van der Waals surface area contributed by atoms with E-state index in [1.165, 1.54) is 23.9 Å². The highest BCUT2D eigenvalue weighted by Gasteiger charge is 2.10. The minimum Gasteiger partial charge on any atom is -0.503 e. The molecular formula is C21H17BrN4O2S. The van der Waals surface area contributed by atoms with Crippen LogP contribution in [0.1, 0.15) is 16.0 Å². The van der Waals surface area contributed by atoms with Gasteiger partial charge in [0.25, 0.3) is 0 Å². The van der Waals surface area contributed by atoms with Crippen LogP contribution in [0.4, 0.5) is 5.82 Å². The first-order valence-corrected chi connectivity index (χ1v) is 10.4. The van der Waals surface area contributed by atoms with Crippen molar-refractivity contribution in [1.29, 1.82) is 0 Å². The van der Waals surface area contributed by atoms with E-state index in [1.54, 1.807) is 23.5 Å². The predicted molar refractivity (Wildman–Crippen MR) is 117 cm³/mol. The highest BCUT2D eigenvalue weighted by molar-refractivity contribution is 9.10. The molecule has 0 spiro atoms. The van der Waals surface area contributed by atoms with Crippen LogP contribution in [0.15, 0.2) is 69.6 Å². The van der Waals surface area contributed by atoms with Gasteiger partial charge in [-0.1, -0.05) is 30.3 Å². The number of rotatable bonds is 6. The number of thiophene rings is 1. The number of hydrogen-bond donors (Lipinski definition) is 1. The number of aromatic hydroxyl groups is 1. The molecule has 0 aliphatic rings. The predicted octanol–water partition coefficient (Wildman–Crippen LogP) is 6.04.